The van der Waals surface area contributed by atoms with E-state index in [0.29, 0.717) is 11.2 Å². The molecule has 0 spiro atoms. The van der Waals surface area contributed by atoms with Crippen LogP contribution >= 0.6 is 11.6 Å². The van der Waals surface area contributed by atoms with Crippen LogP contribution < -0.4 is 10.2 Å². The standard InChI is InChI=1S/C22H28ClN5O/c23-20-6-7-21(26-25-20)28-14-8-18(9-15-28)22(29)24-19-10-12-27(13-11-19)16-17-4-2-1-3-5-17/h1-7,18-19H,8-16H2,(H,24,29). The summed E-state index contributed by atoms with van der Waals surface area (Å²) in [7, 11) is 0. The van der Waals surface area contributed by atoms with Gasteiger partial charge in [0.25, 0.3) is 0 Å². The predicted octanol–water partition coefficient (Wildman–Crippen LogP) is 3.13. The zero-order chi connectivity index (χ0) is 20.1. The molecule has 1 aromatic heterocycles. The van der Waals surface area contributed by atoms with E-state index >= 15 is 0 Å². The first-order valence-electron chi connectivity index (χ1n) is 10.5. The summed E-state index contributed by atoms with van der Waals surface area (Å²) in [5, 5.41) is 11.8. The number of nitrogens with zero attached hydrogens (tertiary/aromatic N) is 4. The largest absolute Gasteiger partial charge is 0.355 e. The highest BCUT2D eigenvalue weighted by molar-refractivity contribution is 6.29. The molecular weight excluding hydrogens is 386 g/mol. The van der Waals surface area contributed by atoms with Gasteiger partial charge in [0.2, 0.25) is 5.91 Å². The van der Waals surface area contributed by atoms with Gasteiger partial charge in [-0.3, -0.25) is 9.69 Å². The van der Waals surface area contributed by atoms with E-state index in [1.165, 1.54) is 5.56 Å². The van der Waals surface area contributed by atoms with Crippen LogP contribution in [0.4, 0.5) is 5.82 Å². The highest BCUT2D eigenvalue weighted by Gasteiger charge is 2.28. The van der Waals surface area contributed by atoms with Crippen LogP contribution in [0.15, 0.2) is 42.5 Å². The van der Waals surface area contributed by atoms with Gasteiger partial charge in [0.15, 0.2) is 11.0 Å². The lowest BCUT2D eigenvalue weighted by Gasteiger charge is -2.35. The van der Waals surface area contributed by atoms with Crippen molar-refractivity contribution in [3.8, 4) is 0 Å². The van der Waals surface area contributed by atoms with Crippen molar-refractivity contribution in [2.24, 2.45) is 5.92 Å². The highest BCUT2D eigenvalue weighted by atomic mass is 35.5. The fourth-order valence-electron chi connectivity index (χ4n) is 4.24. The molecule has 2 fully saturated rings. The second-order valence-corrected chi connectivity index (χ2v) is 8.41. The summed E-state index contributed by atoms with van der Waals surface area (Å²) >= 11 is 5.81. The van der Waals surface area contributed by atoms with Gasteiger partial charge in [0, 0.05) is 44.7 Å². The topological polar surface area (TPSA) is 61.4 Å². The third kappa shape index (κ3) is 5.46. The summed E-state index contributed by atoms with van der Waals surface area (Å²) in [6.45, 7) is 4.71. The lowest BCUT2D eigenvalue weighted by molar-refractivity contribution is -0.126. The Morgan fingerprint density at radius 3 is 2.34 bits per heavy atom. The molecule has 2 aliphatic rings. The van der Waals surface area contributed by atoms with Crippen molar-refractivity contribution in [3.63, 3.8) is 0 Å². The van der Waals surface area contributed by atoms with Crippen LogP contribution in [0.2, 0.25) is 5.15 Å². The maximum atomic E-state index is 12.7. The average molecular weight is 414 g/mol. The molecule has 7 heteroatoms. The number of likely N-dealkylation sites (tertiary alicyclic amines) is 1. The summed E-state index contributed by atoms with van der Waals surface area (Å²) in [5.41, 5.74) is 1.35. The minimum Gasteiger partial charge on any atom is -0.355 e. The van der Waals surface area contributed by atoms with Crippen molar-refractivity contribution >= 4 is 23.3 Å². The predicted molar refractivity (Wildman–Crippen MR) is 115 cm³/mol. The van der Waals surface area contributed by atoms with Crippen LogP contribution in [-0.4, -0.2) is 53.2 Å². The number of hydrogen-bond acceptors (Lipinski definition) is 5. The molecule has 1 amide bonds. The third-order valence-corrected chi connectivity index (χ3v) is 6.19. The van der Waals surface area contributed by atoms with E-state index in [0.717, 1.165) is 64.2 Å². The number of rotatable bonds is 5. The number of hydrogen-bond donors (Lipinski definition) is 1. The zero-order valence-corrected chi connectivity index (χ0v) is 17.4. The Morgan fingerprint density at radius 2 is 1.69 bits per heavy atom. The van der Waals surface area contributed by atoms with Crippen LogP contribution in [0, 0.1) is 5.92 Å². The molecule has 0 bridgehead atoms. The second kappa shape index (κ2) is 9.55. The molecule has 0 atom stereocenters. The molecule has 0 unspecified atom stereocenters. The lowest BCUT2D eigenvalue weighted by atomic mass is 9.94. The molecule has 4 rings (SSSR count). The first kappa shape index (κ1) is 20.1. The van der Waals surface area contributed by atoms with E-state index in [-0.39, 0.29) is 11.8 Å². The van der Waals surface area contributed by atoms with E-state index in [4.69, 9.17) is 11.6 Å². The van der Waals surface area contributed by atoms with Crippen LogP contribution in [-0.2, 0) is 11.3 Å². The minimum atomic E-state index is 0.0915. The number of carbonyl (C=O) groups is 1. The Hall–Kier alpha value is -2.18. The van der Waals surface area contributed by atoms with Crippen molar-refractivity contribution in [1.82, 2.24) is 20.4 Å². The molecule has 1 N–H and O–H groups in total. The Labute approximate surface area is 177 Å². The molecule has 154 valence electrons. The Balaban J connectivity index is 1.19. The van der Waals surface area contributed by atoms with E-state index in [1.807, 2.05) is 6.07 Å². The molecule has 1 aromatic carbocycles. The molecule has 3 heterocycles. The maximum Gasteiger partial charge on any atom is 0.223 e. The first-order valence-corrected chi connectivity index (χ1v) is 10.9. The van der Waals surface area contributed by atoms with Crippen LogP contribution in [0.1, 0.15) is 31.2 Å². The fourth-order valence-corrected chi connectivity index (χ4v) is 4.35. The van der Waals surface area contributed by atoms with Crippen molar-refractivity contribution in [1.29, 1.82) is 0 Å². The van der Waals surface area contributed by atoms with Gasteiger partial charge in [0.1, 0.15) is 0 Å². The number of benzene rings is 1. The summed E-state index contributed by atoms with van der Waals surface area (Å²) < 4.78 is 0. The lowest BCUT2D eigenvalue weighted by Crippen LogP contribution is -2.48. The highest BCUT2D eigenvalue weighted by Crippen LogP contribution is 2.23. The Morgan fingerprint density at radius 1 is 0.966 bits per heavy atom. The minimum absolute atomic E-state index is 0.0915. The quantitative estimate of drug-likeness (QED) is 0.815. The van der Waals surface area contributed by atoms with E-state index in [1.54, 1.807) is 6.07 Å². The second-order valence-electron chi connectivity index (χ2n) is 8.02. The molecule has 29 heavy (non-hydrogen) atoms. The summed E-state index contributed by atoms with van der Waals surface area (Å²) in [6.07, 6.45) is 3.75. The van der Waals surface area contributed by atoms with E-state index < -0.39 is 0 Å². The van der Waals surface area contributed by atoms with Gasteiger partial charge in [-0.25, -0.2) is 0 Å². The van der Waals surface area contributed by atoms with Gasteiger partial charge in [-0.2, -0.15) is 0 Å². The summed E-state index contributed by atoms with van der Waals surface area (Å²) in [6, 6.07) is 14.5. The molecule has 2 aliphatic heterocycles. The Kier molecular flexibility index (Phi) is 6.62. The number of aromatic nitrogens is 2. The molecular formula is C22H28ClN5O. The zero-order valence-electron chi connectivity index (χ0n) is 16.6. The SMILES string of the molecule is O=C(NC1CCN(Cc2ccccc2)CC1)C1CCN(c2ccc(Cl)nn2)CC1. The Bertz CT molecular complexity index is 785. The first-order chi connectivity index (χ1) is 14.2. The monoisotopic (exact) mass is 413 g/mol. The van der Waals surface area contributed by atoms with Gasteiger partial charge in [0.05, 0.1) is 0 Å². The normalized spacial score (nSPS) is 19.3. The molecule has 2 saturated heterocycles. The van der Waals surface area contributed by atoms with E-state index in [2.05, 4.69) is 55.6 Å². The maximum absolute atomic E-state index is 12.7. The van der Waals surface area contributed by atoms with Crippen molar-refractivity contribution in [3.05, 3.63) is 53.2 Å². The third-order valence-electron chi connectivity index (χ3n) is 5.99. The number of carbonyl (C=O) groups excluding carboxylic acids is 1. The van der Waals surface area contributed by atoms with Gasteiger partial charge >= 0.3 is 0 Å². The fraction of sp³-hybridized carbons (Fsp3) is 0.500. The van der Waals surface area contributed by atoms with Gasteiger partial charge in [-0.05, 0) is 43.4 Å². The number of anilines is 1. The van der Waals surface area contributed by atoms with Crippen LogP contribution in [0.25, 0.3) is 0 Å². The van der Waals surface area contributed by atoms with Crippen LogP contribution in [0.3, 0.4) is 0 Å². The smallest absolute Gasteiger partial charge is 0.223 e. The van der Waals surface area contributed by atoms with Crippen LogP contribution in [0.5, 0.6) is 0 Å². The van der Waals surface area contributed by atoms with Crippen molar-refractivity contribution < 1.29 is 4.79 Å². The molecule has 0 aliphatic carbocycles. The number of amides is 1. The summed E-state index contributed by atoms with van der Waals surface area (Å²) in [4.78, 5) is 17.4. The number of nitrogens with one attached hydrogen (secondary N) is 1. The molecule has 6 nitrogen and oxygen atoms in total. The van der Waals surface area contributed by atoms with Crippen molar-refractivity contribution in [2.75, 3.05) is 31.1 Å². The average Bonchev–Trinajstić information content (AvgIpc) is 2.76. The van der Waals surface area contributed by atoms with Gasteiger partial charge in [-0.1, -0.05) is 41.9 Å². The molecule has 2 aromatic rings. The van der Waals surface area contributed by atoms with Crippen molar-refractivity contribution in [2.45, 2.75) is 38.3 Å². The van der Waals surface area contributed by atoms with Gasteiger partial charge in [-0.15, -0.1) is 10.2 Å². The number of halogens is 1. The molecule has 0 saturated carbocycles. The molecule has 0 radical (unpaired) electrons. The van der Waals surface area contributed by atoms with E-state index in [9.17, 15) is 4.79 Å². The van der Waals surface area contributed by atoms with Gasteiger partial charge < -0.3 is 10.2 Å². The summed E-state index contributed by atoms with van der Waals surface area (Å²) in [5.74, 6) is 1.14. The number of piperidine rings is 2.